The Hall–Kier alpha value is -0.120. The predicted molar refractivity (Wildman–Crippen MR) is 75.2 cm³/mol. The van der Waals surface area contributed by atoms with E-state index in [4.69, 9.17) is 5.73 Å². The standard InChI is InChI=1S/C14H31N3/c1-5-13(6-2)14(10-15)17-9-7-8-16(4)11-12(17)3/h12-14H,5-11,15H2,1-4H3. The van der Waals surface area contributed by atoms with E-state index in [1.54, 1.807) is 0 Å². The van der Waals surface area contributed by atoms with Crippen molar-refractivity contribution in [1.82, 2.24) is 9.80 Å². The highest BCUT2D eigenvalue weighted by atomic mass is 15.3. The van der Waals surface area contributed by atoms with Crippen molar-refractivity contribution in [3.05, 3.63) is 0 Å². The fourth-order valence-corrected chi connectivity index (χ4v) is 3.31. The molecule has 1 rings (SSSR count). The van der Waals surface area contributed by atoms with Gasteiger partial charge in [0, 0.05) is 31.7 Å². The average Bonchev–Trinajstić information content (AvgIpc) is 2.47. The minimum Gasteiger partial charge on any atom is -0.329 e. The van der Waals surface area contributed by atoms with E-state index in [0.29, 0.717) is 12.1 Å². The van der Waals surface area contributed by atoms with Crippen LogP contribution in [-0.4, -0.2) is 55.1 Å². The maximum absolute atomic E-state index is 6.05. The molecule has 2 atom stereocenters. The lowest BCUT2D eigenvalue weighted by Gasteiger charge is -2.39. The fraction of sp³-hybridized carbons (Fsp3) is 1.00. The first-order valence-corrected chi connectivity index (χ1v) is 7.28. The summed E-state index contributed by atoms with van der Waals surface area (Å²) in [6.45, 7) is 11.4. The first-order valence-electron chi connectivity index (χ1n) is 7.28. The summed E-state index contributed by atoms with van der Waals surface area (Å²) in [7, 11) is 2.23. The predicted octanol–water partition coefficient (Wildman–Crippen LogP) is 1.78. The van der Waals surface area contributed by atoms with E-state index in [1.165, 1.54) is 38.9 Å². The van der Waals surface area contributed by atoms with Crippen LogP contribution in [0.5, 0.6) is 0 Å². The molecule has 1 aliphatic rings. The summed E-state index contributed by atoms with van der Waals surface area (Å²) in [4.78, 5) is 5.12. The smallest absolute Gasteiger partial charge is 0.0249 e. The van der Waals surface area contributed by atoms with Crippen molar-refractivity contribution in [3.63, 3.8) is 0 Å². The summed E-state index contributed by atoms with van der Waals surface area (Å²) in [5.74, 6) is 0.755. The zero-order valence-corrected chi connectivity index (χ0v) is 12.2. The monoisotopic (exact) mass is 241 g/mol. The minimum absolute atomic E-state index is 0.575. The molecule has 0 saturated carbocycles. The molecule has 0 amide bonds. The molecule has 1 aliphatic heterocycles. The van der Waals surface area contributed by atoms with Crippen molar-refractivity contribution in [2.24, 2.45) is 11.7 Å². The number of nitrogens with zero attached hydrogens (tertiary/aromatic N) is 2. The molecule has 17 heavy (non-hydrogen) atoms. The second-order valence-corrected chi connectivity index (χ2v) is 5.58. The van der Waals surface area contributed by atoms with Gasteiger partial charge in [0.2, 0.25) is 0 Å². The normalized spacial score (nSPS) is 26.1. The van der Waals surface area contributed by atoms with Gasteiger partial charge in [0.1, 0.15) is 0 Å². The van der Waals surface area contributed by atoms with Gasteiger partial charge in [-0.25, -0.2) is 0 Å². The Morgan fingerprint density at radius 1 is 1.24 bits per heavy atom. The lowest BCUT2D eigenvalue weighted by atomic mass is 9.92. The third-order valence-corrected chi connectivity index (χ3v) is 4.36. The Morgan fingerprint density at radius 3 is 2.41 bits per heavy atom. The van der Waals surface area contributed by atoms with Gasteiger partial charge < -0.3 is 10.6 Å². The zero-order chi connectivity index (χ0) is 12.8. The quantitative estimate of drug-likeness (QED) is 0.796. The van der Waals surface area contributed by atoms with Crippen molar-refractivity contribution in [2.75, 3.05) is 33.2 Å². The maximum atomic E-state index is 6.05. The number of likely N-dealkylation sites (N-methyl/N-ethyl adjacent to an activating group) is 1. The Balaban J connectivity index is 2.71. The molecule has 0 aromatic rings. The van der Waals surface area contributed by atoms with E-state index >= 15 is 0 Å². The topological polar surface area (TPSA) is 32.5 Å². The summed E-state index contributed by atoms with van der Waals surface area (Å²) in [5, 5.41) is 0. The highest BCUT2D eigenvalue weighted by Gasteiger charge is 2.29. The Kier molecular flexibility index (Phi) is 6.45. The van der Waals surface area contributed by atoms with Crippen LogP contribution in [0.3, 0.4) is 0 Å². The molecule has 0 radical (unpaired) electrons. The Bertz CT molecular complexity index is 204. The minimum atomic E-state index is 0.575. The highest BCUT2D eigenvalue weighted by Crippen LogP contribution is 2.22. The molecule has 0 aliphatic carbocycles. The van der Waals surface area contributed by atoms with Crippen LogP contribution in [0, 0.1) is 5.92 Å². The number of hydrogen-bond acceptors (Lipinski definition) is 3. The third-order valence-electron chi connectivity index (χ3n) is 4.36. The van der Waals surface area contributed by atoms with Crippen LogP contribution < -0.4 is 5.73 Å². The summed E-state index contributed by atoms with van der Waals surface area (Å²) in [6, 6.07) is 1.21. The second kappa shape index (κ2) is 7.34. The third kappa shape index (κ3) is 3.94. The lowest BCUT2D eigenvalue weighted by molar-refractivity contribution is 0.0999. The molecule has 0 spiro atoms. The molecule has 2 N–H and O–H groups in total. The molecular weight excluding hydrogens is 210 g/mol. The fourth-order valence-electron chi connectivity index (χ4n) is 3.31. The first kappa shape index (κ1) is 14.9. The van der Waals surface area contributed by atoms with Gasteiger partial charge >= 0.3 is 0 Å². The van der Waals surface area contributed by atoms with Crippen molar-refractivity contribution in [1.29, 1.82) is 0 Å². The van der Waals surface area contributed by atoms with Crippen LogP contribution >= 0.6 is 0 Å². The molecule has 102 valence electrons. The van der Waals surface area contributed by atoms with E-state index in [2.05, 4.69) is 37.6 Å². The van der Waals surface area contributed by atoms with Gasteiger partial charge in [-0.3, -0.25) is 4.90 Å². The van der Waals surface area contributed by atoms with Crippen molar-refractivity contribution in [2.45, 2.75) is 52.1 Å². The number of nitrogens with two attached hydrogens (primary N) is 1. The van der Waals surface area contributed by atoms with E-state index < -0.39 is 0 Å². The average molecular weight is 241 g/mol. The second-order valence-electron chi connectivity index (χ2n) is 5.58. The van der Waals surface area contributed by atoms with E-state index in [9.17, 15) is 0 Å². The van der Waals surface area contributed by atoms with Crippen molar-refractivity contribution < 1.29 is 0 Å². The summed E-state index contributed by atoms with van der Waals surface area (Å²) in [6.07, 6.45) is 3.77. The zero-order valence-electron chi connectivity index (χ0n) is 12.2. The van der Waals surface area contributed by atoms with Crippen molar-refractivity contribution in [3.8, 4) is 0 Å². The molecule has 3 nitrogen and oxygen atoms in total. The SMILES string of the molecule is CCC(CC)C(CN)N1CCCN(C)CC1C. The van der Waals surface area contributed by atoms with Crippen LogP contribution in [0.25, 0.3) is 0 Å². The molecular formula is C14H31N3. The van der Waals surface area contributed by atoms with Gasteiger partial charge in [0.15, 0.2) is 0 Å². The van der Waals surface area contributed by atoms with Crippen LogP contribution in [0.4, 0.5) is 0 Å². The Morgan fingerprint density at radius 2 is 1.88 bits per heavy atom. The number of hydrogen-bond donors (Lipinski definition) is 1. The van der Waals surface area contributed by atoms with Gasteiger partial charge in [0.05, 0.1) is 0 Å². The van der Waals surface area contributed by atoms with Crippen LogP contribution in [-0.2, 0) is 0 Å². The van der Waals surface area contributed by atoms with Gasteiger partial charge in [-0.15, -0.1) is 0 Å². The van der Waals surface area contributed by atoms with Crippen LogP contribution in [0.1, 0.15) is 40.0 Å². The molecule has 0 aromatic heterocycles. The summed E-state index contributed by atoms with van der Waals surface area (Å²) >= 11 is 0. The molecule has 1 saturated heterocycles. The Labute approximate surface area is 107 Å². The van der Waals surface area contributed by atoms with Gasteiger partial charge in [-0.2, -0.15) is 0 Å². The highest BCUT2D eigenvalue weighted by molar-refractivity contribution is 4.85. The summed E-state index contributed by atoms with van der Waals surface area (Å²) in [5.41, 5.74) is 6.05. The van der Waals surface area contributed by atoms with Crippen molar-refractivity contribution >= 4 is 0 Å². The van der Waals surface area contributed by atoms with E-state index in [1.807, 2.05) is 0 Å². The molecule has 3 heteroatoms. The van der Waals surface area contributed by atoms with Gasteiger partial charge in [-0.05, 0) is 32.9 Å². The number of rotatable bonds is 5. The molecule has 0 bridgehead atoms. The summed E-state index contributed by atoms with van der Waals surface area (Å²) < 4.78 is 0. The van der Waals surface area contributed by atoms with Crippen LogP contribution in [0.15, 0.2) is 0 Å². The largest absolute Gasteiger partial charge is 0.329 e. The van der Waals surface area contributed by atoms with E-state index in [-0.39, 0.29) is 0 Å². The lowest BCUT2D eigenvalue weighted by Crippen LogP contribution is -2.51. The molecule has 1 heterocycles. The van der Waals surface area contributed by atoms with E-state index in [0.717, 1.165) is 12.5 Å². The molecule has 2 unspecified atom stereocenters. The van der Waals surface area contributed by atoms with Crippen LogP contribution in [0.2, 0.25) is 0 Å². The van der Waals surface area contributed by atoms with Gasteiger partial charge in [0.25, 0.3) is 0 Å². The molecule has 1 fully saturated rings. The molecule has 0 aromatic carbocycles. The van der Waals surface area contributed by atoms with Gasteiger partial charge in [-0.1, -0.05) is 26.7 Å². The first-order chi connectivity index (χ1) is 8.13. The maximum Gasteiger partial charge on any atom is 0.0249 e.